The van der Waals surface area contributed by atoms with Gasteiger partial charge in [0.1, 0.15) is 5.72 Å². The van der Waals surface area contributed by atoms with Gasteiger partial charge in [0.2, 0.25) is 0 Å². The number of likely N-dealkylation sites (tertiary alicyclic amines) is 1. The largest absolute Gasteiger partial charge is 0.480 e. The fraction of sp³-hybridized carbons (Fsp3) is 0.556. The quantitative estimate of drug-likeness (QED) is 0.864. The Bertz CT molecular complexity index is 712. The van der Waals surface area contributed by atoms with Gasteiger partial charge in [-0.25, -0.2) is 4.79 Å². The standard InChI is InChI=1S/C18H21F3N2O4/c1-2-22-9-7-17(8-10-22)23(14(11-27-17)16(25)26)15(24)12-3-5-13(6-4-12)18(19,20)21/h3-6,14H,2,7-11H2,1H3,(H,25,26)/t14-/m0/s1. The summed E-state index contributed by atoms with van der Waals surface area (Å²) in [5.41, 5.74) is -1.89. The Kier molecular flexibility index (Phi) is 5.18. The summed E-state index contributed by atoms with van der Waals surface area (Å²) in [4.78, 5) is 28.1. The fourth-order valence-electron chi connectivity index (χ4n) is 3.72. The Morgan fingerprint density at radius 3 is 2.30 bits per heavy atom. The molecule has 1 atom stereocenters. The molecule has 0 unspecified atom stereocenters. The van der Waals surface area contributed by atoms with Gasteiger partial charge in [-0.1, -0.05) is 6.92 Å². The maximum Gasteiger partial charge on any atom is 0.416 e. The van der Waals surface area contributed by atoms with Crippen molar-refractivity contribution in [3.05, 3.63) is 35.4 Å². The van der Waals surface area contributed by atoms with Gasteiger partial charge in [-0.3, -0.25) is 9.69 Å². The third-order valence-corrected chi connectivity index (χ3v) is 5.31. The summed E-state index contributed by atoms with van der Waals surface area (Å²) < 4.78 is 44.0. The van der Waals surface area contributed by atoms with Gasteiger partial charge in [0, 0.05) is 31.5 Å². The van der Waals surface area contributed by atoms with Crippen LogP contribution in [0, 0.1) is 0 Å². The van der Waals surface area contributed by atoms with E-state index in [4.69, 9.17) is 4.74 Å². The summed E-state index contributed by atoms with van der Waals surface area (Å²) in [5.74, 6) is -1.82. The molecule has 1 spiro atoms. The second-order valence-corrected chi connectivity index (χ2v) is 6.80. The van der Waals surface area contributed by atoms with Crippen LogP contribution in [0.4, 0.5) is 13.2 Å². The molecule has 0 aliphatic carbocycles. The third kappa shape index (κ3) is 3.66. The molecule has 1 aromatic carbocycles. The van der Waals surface area contributed by atoms with Gasteiger partial charge in [-0.15, -0.1) is 0 Å². The van der Waals surface area contributed by atoms with E-state index in [-0.39, 0.29) is 12.2 Å². The Labute approximate surface area is 154 Å². The van der Waals surface area contributed by atoms with Crippen molar-refractivity contribution in [1.82, 2.24) is 9.80 Å². The summed E-state index contributed by atoms with van der Waals surface area (Å²) >= 11 is 0. The van der Waals surface area contributed by atoms with Crippen molar-refractivity contribution in [3.63, 3.8) is 0 Å². The lowest BCUT2D eigenvalue weighted by molar-refractivity contribution is -0.143. The SMILES string of the molecule is CCN1CCC2(CC1)OC[C@@H](C(=O)O)N2C(=O)c1ccc(C(F)(F)F)cc1. The first-order chi connectivity index (χ1) is 12.7. The average Bonchev–Trinajstić information content (AvgIpc) is 3.00. The van der Waals surface area contributed by atoms with Gasteiger partial charge in [-0.2, -0.15) is 13.2 Å². The van der Waals surface area contributed by atoms with Crippen LogP contribution in [-0.4, -0.2) is 64.8 Å². The van der Waals surface area contributed by atoms with E-state index >= 15 is 0 Å². The van der Waals surface area contributed by atoms with E-state index < -0.39 is 35.4 Å². The van der Waals surface area contributed by atoms with Gasteiger partial charge in [0.15, 0.2) is 6.04 Å². The van der Waals surface area contributed by atoms with Gasteiger partial charge >= 0.3 is 12.1 Å². The van der Waals surface area contributed by atoms with E-state index in [1.165, 1.54) is 4.90 Å². The maximum absolute atomic E-state index is 13.0. The van der Waals surface area contributed by atoms with E-state index in [1.807, 2.05) is 6.92 Å². The van der Waals surface area contributed by atoms with Crippen LogP contribution in [0.15, 0.2) is 24.3 Å². The summed E-state index contributed by atoms with van der Waals surface area (Å²) in [6.07, 6.45) is -3.59. The number of nitrogens with zero attached hydrogens (tertiary/aromatic N) is 2. The predicted octanol–water partition coefficient (Wildman–Crippen LogP) is 2.44. The molecular formula is C18H21F3N2O4. The molecule has 9 heteroatoms. The van der Waals surface area contributed by atoms with Crippen molar-refractivity contribution in [1.29, 1.82) is 0 Å². The zero-order chi connectivity index (χ0) is 19.8. The molecule has 3 rings (SSSR count). The topological polar surface area (TPSA) is 70.1 Å². The van der Waals surface area contributed by atoms with Gasteiger partial charge in [0.25, 0.3) is 5.91 Å². The number of hydrogen-bond donors (Lipinski definition) is 1. The van der Waals surface area contributed by atoms with Crippen LogP contribution in [0.2, 0.25) is 0 Å². The number of aliphatic carboxylic acids is 1. The zero-order valence-corrected chi connectivity index (χ0v) is 14.8. The first kappa shape index (κ1) is 19.6. The lowest BCUT2D eigenvalue weighted by atomic mass is 9.96. The van der Waals surface area contributed by atoms with Crippen molar-refractivity contribution in [2.24, 2.45) is 0 Å². The van der Waals surface area contributed by atoms with E-state index in [9.17, 15) is 27.9 Å². The van der Waals surface area contributed by atoms with Crippen molar-refractivity contribution in [2.45, 2.75) is 37.7 Å². The number of carbonyl (C=O) groups is 2. The van der Waals surface area contributed by atoms with Gasteiger partial charge in [0.05, 0.1) is 12.2 Å². The molecule has 1 amide bonds. The minimum atomic E-state index is -4.50. The molecule has 148 valence electrons. The zero-order valence-electron chi connectivity index (χ0n) is 14.8. The van der Waals surface area contributed by atoms with E-state index in [0.717, 1.165) is 30.8 Å². The second kappa shape index (κ2) is 7.12. The molecule has 2 fully saturated rings. The number of carboxylic acid groups (broad SMARTS) is 1. The molecule has 2 heterocycles. The molecule has 0 aromatic heterocycles. The van der Waals surface area contributed by atoms with Crippen molar-refractivity contribution in [2.75, 3.05) is 26.2 Å². The molecular weight excluding hydrogens is 365 g/mol. The smallest absolute Gasteiger partial charge is 0.416 e. The van der Waals surface area contributed by atoms with Crippen LogP contribution < -0.4 is 0 Å². The number of carbonyl (C=O) groups excluding carboxylic acids is 1. The van der Waals surface area contributed by atoms with Gasteiger partial charge < -0.3 is 14.7 Å². The molecule has 27 heavy (non-hydrogen) atoms. The van der Waals surface area contributed by atoms with E-state index in [2.05, 4.69) is 4.90 Å². The molecule has 0 radical (unpaired) electrons. The Balaban J connectivity index is 1.89. The van der Waals surface area contributed by atoms with Crippen LogP contribution in [0.3, 0.4) is 0 Å². The number of benzene rings is 1. The van der Waals surface area contributed by atoms with Crippen LogP contribution in [0.25, 0.3) is 0 Å². The number of piperidine rings is 1. The average molecular weight is 386 g/mol. The van der Waals surface area contributed by atoms with Crippen LogP contribution in [0.1, 0.15) is 35.7 Å². The first-order valence-corrected chi connectivity index (χ1v) is 8.78. The molecule has 0 saturated carbocycles. The van der Waals surface area contributed by atoms with Crippen LogP contribution >= 0.6 is 0 Å². The summed E-state index contributed by atoms with van der Waals surface area (Å²) in [6.45, 7) is 4.02. The molecule has 2 saturated heterocycles. The number of hydrogen-bond acceptors (Lipinski definition) is 4. The molecule has 0 bridgehead atoms. The Hall–Kier alpha value is -2.13. The lowest BCUT2D eigenvalue weighted by Crippen LogP contribution is -2.58. The van der Waals surface area contributed by atoms with Crippen molar-refractivity contribution in [3.8, 4) is 0 Å². The number of amides is 1. The summed E-state index contributed by atoms with van der Waals surface area (Å²) in [6, 6.07) is 2.65. The monoisotopic (exact) mass is 386 g/mol. The summed E-state index contributed by atoms with van der Waals surface area (Å²) in [5, 5.41) is 9.51. The molecule has 1 aromatic rings. The first-order valence-electron chi connectivity index (χ1n) is 8.78. The van der Waals surface area contributed by atoms with E-state index in [1.54, 1.807) is 0 Å². The third-order valence-electron chi connectivity index (χ3n) is 5.31. The number of ether oxygens (including phenoxy) is 1. The molecule has 2 aliphatic rings. The number of carboxylic acids is 1. The normalized spacial score (nSPS) is 23.0. The second-order valence-electron chi connectivity index (χ2n) is 6.80. The summed E-state index contributed by atoms with van der Waals surface area (Å²) in [7, 11) is 0. The van der Waals surface area contributed by atoms with Crippen molar-refractivity contribution < 1.29 is 32.6 Å². The Morgan fingerprint density at radius 2 is 1.81 bits per heavy atom. The van der Waals surface area contributed by atoms with Gasteiger partial charge in [-0.05, 0) is 30.8 Å². The molecule has 1 N–H and O–H groups in total. The van der Waals surface area contributed by atoms with E-state index in [0.29, 0.717) is 25.9 Å². The van der Waals surface area contributed by atoms with Crippen LogP contribution in [-0.2, 0) is 15.7 Å². The molecule has 6 nitrogen and oxygen atoms in total. The number of alkyl halides is 3. The highest BCUT2D eigenvalue weighted by Crippen LogP contribution is 2.38. The highest BCUT2D eigenvalue weighted by atomic mass is 19.4. The van der Waals surface area contributed by atoms with Crippen LogP contribution in [0.5, 0.6) is 0 Å². The lowest BCUT2D eigenvalue weighted by Gasteiger charge is -2.44. The fourth-order valence-corrected chi connectivity index (χ4v) is 3.72. The minimum Gasteiger partial charge on any atom is -0.480 e. The molecule has 2 aliphatic heterocycles. The number of rotatable bonds is 3. The highest BCUT2D eigenvalue weighted by molar-refractivity contribution is 5.97. The maximum atomic E-state index is 13.0. The predicted molar refractivity (Wildman–Crippen MR) is 89.1 cm³/mol. The Morgan fingerprint density at radius 1 is 1.22 bits per heavy atom. The highest BCUT2D eigenvalue weighted by Gasteiger charge is 2.54. The number of halogens is 3. The van der Waals surface area contributed by atoms with Crippen molar-refractivity contribution >= 4 is 11.9 Å². The minimum absolute atomic E-state index is 0.0112.